The lowest BCUT2D eigenvalue weighted by Crippen LogP contribution is -2.51. The van der Waals surface area contributed by atoms with E-state index >= 15 is 0 Å². The Morgan fingerprint density at radius 1 is 0.946 bits per heavy atom. The van der Waals surface area contributed by atoms with Crippen molar-refractivity contribution in [3.8, 4) is 0 Å². The van der Waals surface area contributed by atoms with Crippen molar-refractivity contribution in [1.29, 1.82) is 0 Å². The Balaban J connectivity index is 1.37. The Bertz CT molecular complexity index is 1080. The van der Waals surface area contributed by atoms with Crippen LogP contribution in [0.1, 0.15) is 77.2 Å². The standard InChI is InChI=1S/C30H47N5O2/c1-2-34-27-12-8-9-13-28(27)35(30(34)37)26-16-19-33(21-24-10-6-4-3-5-7-11-24)22-25(26)29(36)32-20-23-14-17-31-18-15-23/h8-9,12-13,23-26,31H,2-7,10-11,14-22H2,1H3,(H,32,36)/t25-,26-/m0/s1. The second-order valence-electron chi connectivity index (χ2n) is 11.8. The maximum Gasteiger partial charge on any atom is 0.329 e. The van der Waals surface area contributed by atoms with Gasteiger partial charge in [-0.2, -0.15) is 0 Å². The minimum atomic E-state index is -0.210. The summed E-state index contributed by atoms with van der Waals surface area (Å²) in [5.41, 5.74) is 1.96. The first kappa shape index (κ1) is 26.5. The summed E-state index contributed by atoms with van der Waals surface area (Å²) < 4.78 is 3.82. The minimum absolute atomic E-state index is 0.0262. The molecule has 37 heavy (non-hydrogen) atoms. The first-order valence-electron chi connectivity index (χ1n) is 15.1. The average molecular weight is 510 g/mol. The molecule has 7 nitrogen and oxygen atoms in total. The van der Waals surface area contributed by atoms with Crippen LogP contribution >= 0.6 is 0 Å². The SMILES string of the molecule is CCn1c(=O)n([C@H]2CCN(CC3CCCCCCC3)C[C@@H]2C(=O)NCC2CCNCC2)c2ccccc21. The number of hydrogen-bond donors (Lipinski definition) is 2. The Labute approximate surface area is 222 Å². The fourth-order valence-electron chi connectivity index (χ4n) is 7.15. The van der Waals surface area contributed by atoms with Crippen molar-refractivity contribution in [3.63, 3.8) is 0 Å². The Kier molecular flexibility index (Phi) is 9.03. The van der Waals surface area contributed by atoms with Gasteiger partial charge in [-0.05, 0) is 76.1 Å². The van der Waals surface area contributed by atoms with E-state index < -0.39 is 0 Å². The van der Waals surface area contributed by atoms with Crippen molar-refractivity contribution >= 4 is 16.9 Å². The van der Waals surface area contributed by atoms with Crippen LogP contribution in [-0.2, 0) is 11.3 Å². The largest absolute Gasteiger partial charge is 0.355 e. The molecule has 2 N–H and O–H groups in total. The summed E-state index contributed by atoms with van der Waals surface area (Å²) in [5.74, 6) is 1.20. The summed E-state index contributed by atoms with van der Waals surface area (Å²) in [7, 11) is 0. The molecule has 1 saturated carbocycles. The number of fused-ring (bicyclic) bond motifs is 1. The number of rotatable bonds is 7. The second kappa shape index (κ2) is 12.6. The minimum Gasteiger partial charge on any atom is -0.355 e. The molecule has 1 aliphatic carbocycles. The van der Waals surface area contributed by atoms with E-state index in [-0.39, 0.29) is 23.6 Å². The highest BCUT2D eigenvalue weighted by Crippen LogP contribution is 2.32. The predicted octanol–water partition coefficient (Wildman–Crippen LogP) is 4.16. The molecule has 0 bridgehead atoms. The number of likely N-dealkylation sites (tertiary alicyclic amines) is 1. The number of hydrogen-bond acceptors (Lipinski definition) is 4. The number of aryl methyl sites for hydroxylation is 1. The van der Waals surface area contributed by atoms with E-state index in [0.717, 1.165) is 75.5 Å². The van der Waals surface area contributed by atoms with Crippen molar-refractivity contribution in [1.82, 2.24) is 24.7 Å². The lowest BCUT2D eigenvalue weighted by molar-refractivity contribution is -0.128. The van der Waals surface area contributed by atoms with Crippen molar-refractivity contribution in [3.05, 3.63) is 34.7 Å². The molecule has 2 atom stereocenters. The molecule has 3 aliphatic rings. The zero-order valence-corrected chi connectivity index (χ0v) is 22.8. The quantitative estimate of drug-likeness (QED) is 0.588. The van der Waals surface area contributed by atoms with Gasteiger partial charge in [0.15, 0.2) is 0 Å². The molecular formula is C30H47N5O2. The van der Waals surface area contributed by atoms with Gasteiger partial charge < -0.3 is 15.5 Å². The van der Waals surface area contributed by atoms with Gasteiger partial charge in [0.1, 0.15) is 0 Å². The first-order valence-corrected chi connectivity index (χ1v) is 15.1. The molecule has 3 heterocycles. The van der Waals surface area contributed by atoms with E-state index in [1.807, 2.05) is 40.3 Å². The zero-order chi connectivity index (χ0) is 25.6. The summed E-state index contributed by atoms with van der Waals surface area (Å²) in [4.78, 5) is 30.0. The molecular weight excluding hydrogens is 462 g/mol. The van der Waals surface area contributed by atoms with E-state index in [4.69, 9.17) is 0 Å². The monoisotopic (exact) mass is 509 g/mol. The molecule has 0 radical (unpaired) electrons. The summed E-state index contributed by atoms with van der Waals surface area (Å²) in [6, 6.07) is 7.99. The van der Waals surface area contributed by atoms with Crippen molar-refractivity contribution in [2.24, 2.45) is 17.8 Å². The zero-order valence-electron chi connectivity index (χ0n) is 22.8. The number of carbonyl (C=O) groups is 1. The summed E-state index contributed by atoms with van der Waals surface area (Å²) in [6.45, 7) is 8.28. The van der Waals surface area contributed by atoms with E-state index in [1.165, 1.54) is 44.9 Å². The number of imidazole rings is 1. The fourth-order valence-corrected chi connectivity index (χ4v) is 7.15. The Morgan fingerprint density at radius 2 is 1.65 bits per heavy atom. The van der Waals surface area contributed by atoms with Gasteiger partial charge in [-0.15, -0.1) is 0 Å². The van der Waals surface area contributed by atoms with Crippen LogP contribution in [0.2, 0.25) is 0 Å². The summed E-state index contributed by atoms with van der Waals surface area (Å²) in [5, 5.41) is 6.76. The average Bonchev–Trinajstić information content (AvgIpc) is 3.20. The number of nitrogens with zero attached hydrogens (tertiary/aromatic N) is 3. The maximum atomic E-state index is 13.8. The third-order valence-corrected chi connectivity index (χ3v) is 9.28. The molecule has 2 aromatic rings. The molecule has 7 heteroatoms. The third kappa shape index (κ3) is 6.14. The molecule has 0 unspecified atom stereocenters. The van der Waals surface area contributed by atoms with Crippen LogP contribution in [0.5, 0.6) is 0 Å². The van der Waals surface area contributed by atoms with Crippen molar-refractivity contribution in [2.75, 3.05) is 39.3 Å². The number of para-hydroxylation sites is 2. The van der Waals surface area contributed by atoms with Gasteiger partial charge >= 0.3 is 5.69 Å². The summed E-state index contributed by atoms with van der Waals surface area (Å²) in [6.07, 6.45) is 12.5. The first-order chi connectivity index (χ1) is 18.2. The van der Waals surface area contributed by atoms with Crippen LogP contribution in [0.4, 0.5) is 0 Å². The van der Waals surface area contributed by atoms with Crippen LogP contribution in [0.25, 0.3) is 11.0 Å². The lowest BCUT2D eigenvalue weighted by Gasteiger charge is -2.40. The molecule has 3 fully saturated rings. The van der Waals surface area contributed by atoms with Gasteiger partial charge in [-0.3, -0.25) is 13.9 Å². The van der Waals surface area contributed by atoms with E-state index in [1.54, 1.807) is 0 Å². The number of amides is 1. The normalized spacial score (nSPS) is 25.1. The molecule has 2 aliphatic heterocycles. The van der Waals surface area contributed by atoms with Crippen molar-refractivity contribution < 1.29 is 4.79 Å². The van der Waals surface area contributed by atoms with Gasteiger partial charge in [0.25, 0.3) is 0 Å². The van der Waals surface area contributed by atoms with Gasteiger partial charge in [-0.25, -0.2) is 4.79 Å². The molecule has 1 aromatic carbocycles. The predicted molar refractivity (Wildman–Crippen MR) is 150 cm³/mol. The maximum absolute atomic E-state index is 13.8. The smallest absolute Gasteiger partial charge is 0.329 e. The number of aromatic nitrogens is 2. The summed E-state index contributed by atoms with van der Waals surface area (Å²) >= 11 is 0. The fraction of sp³-hybridized carbons (Fsp3) is 0.733. The molecule has 5 rings (SSSR count). The topological polar surface area (TPSA) is 71.3 Å². The van der Waals surface area contributed by atoms with Crippen LogP contribution in [0.3, 0.4) is 0 Å². The van der Waals surface area contributed by atoms with Crippen LogP contribution < -0.4 is 16.3 Å². The molecule has 204 valence electrons. The number of nitrogens with one attached hydrogen (secondary N) is 2. The van der Waals surface area contributed by atoms with Crippen LogP contribution in [0, 0.1) is 17.8 Å². The molecule has 0 spiro atoms. The highest BCUT2D eigenvalue weighted by molar-refractivity contribution is 5.81. The van der Waals surface area contributed by atoms with Gasteiger partial charge in [0, 0.05) is 32.7 Å². The molecule has 1 amide bonds. The molecule has 1 aromatic heterocycles. The Morgan fingerprint density at radius 3 is 2.38 bits per heavy atom. The van der Waals surface area contributed by atoms with Crippen LogP contribution in [0.15, 0.2) is 29.1 Å². The highest BCUT2D eigenvalue weighted by Gasteiger charge is 2.38. The number of carbonyl (C=O) groups excluding carboxylic acids is 1. The van der Waals surface area contributed by atoms with E-state index in [9.17, 15) is 9.59 Å². The highest BCUT2D eigenvalue weighted by atomic mass is 16.2. The van der Waals surface area contributed by atoms with E-state index in [2.05, 4.69) is 15.5 Å². The van der Waals surface area contributed by atoms with Gasteiger partial charge in [0.2, 0.25) is 5.91 Å². The van der Waals surface area contributed by atoms with Crippen molar-refractivity contribution in [2.45, 2.75) is 83.7 Å². The molecule has 2 saturated heterocycles. The van der Waals surface area contributed by atoms with Crippen LogP contribution in [-0.4, -0.2) is 59.2 Å². The van der Waals surface area contributed by atoms with Gasteiger partial charge in [-0.1, -0.05) is 44.2 Å². The number of piperidine rings is 2. The lowest BCUT2D eigenvalue weighted by atomic mass is 9.87. The third-order valence-electron chi connectivity index (χ3n) is 9.28. The number of benzene rings is 1. The van der Waals surface area contributed by atoms with E-state index in [0.29, 0.717) is 12.5 Å². The van der Waals surface area contributed by atoms with Gasteiger partial charge in [0.05, 0.1) is 23.0 Å². The second-order valence-corrected chi connectivity index (χ2v) is 11.8. The Hall–Kier alpha value is -2.12.